The highest BCUT2D eigenvalue weighted by molar-refractivity contribution is 5.76. The molecule has 3 unspecified atom stereocenters. The Hall–Kier alpha value is -1.17. The van der Waals surface area contributed by atoms with E-state index in [0.29, 0.717) is 12.8 Å². The van der Waals surface area contributed by atoms with E-state index >= 15 is 0 Å². The molecule has 0 saturated heterocycles. The van der Waals surface area contributed by atoms with Gasteiger partial charge in [-0.15, -0.1) is 0 Å². The van der Waals surface area contributed by atoms with Crippen LogP contribution in [0.1, 0.15) is 206 Å². The molecular weight excluding hydrogens is 570 g/mol. The van der Waals surface area contributed by atoms with Gasteiger partial charge in [0.15, 0.2) is 0 Å². The maximum atomic E-state index is 12.3. The van der Waals surface area contributed by atoms with Gasteiger partial charge in [0.25, 0.3) is 0 Å². The van der Waals surface area contributed by atoms with E-state index in [9.17, 15) is 20.1 Å². The molecule has 0 aliphatic rings. The highest BCUT2D eigenvalue weighted by Crippen LogP contribution is 2.14. The number of allylic oxidation sites excluding steroid dienone is 4. The van der Waals surface area contributed by atoms with E-state index in [2.05, 4.69) is 43.5 Å². The Morgan fingerprint density at radius 1 is 0.522 bits per heavy atom. The largest absolute Gasteiger partial charge is 0.394 e. The van der Waals surface area contributed by atoms with E-state index in [0.717, 1.165) is 44.9 Å². The lowest BCUT2D eigenvalue weighted by molar-refractivity contribution is -0.124. The van der Waals surface area contributed by atoms with Crippen LogP contribution in [0.4, 0.5) is 0 Å². The van der Waals surface area contributed by atoms with Gasteiger partial charge in [0.05, 0.1) is 18.8 Å². The zero-order chi connectivity index (χ0) is 33.8. The van der Waals surface area contributed by atoms with E-state index in [-0.39, 0.29) is 12.5 Å². The minimum atomic E-state index is -1.16. The number of hydrogen-bond donors (Lipinski definition) is 4. The van der Waals surface area contributed by atoms with Crippen molar-refractivity contribution in [2.45, 2.75) is 225 Å². The van der Waals surface area contributed by atoms with Crippen LogP contribution >= 0.6 is 0 Å². The number of rotatable bonds is 36. The maximum Gasteiger partial charge on any atom is 0.220 e. The molecule has 0 aliphatic heterocycles. The zero-order valence-electron chi connectivity index (χ0n) is 30.7. The number of hydrogen-bond acceptors (Lipinski definition) is 4. The van der Waals surface area contributed by atoms with E-state index < -0.39 is 18.2 Å². The van der Waals surface area contributed by atoms with Gasteiger partial charge in [0, 0.05) is 6.42 Å². The molecule has 0 aromatic carbocycles. The van der Waals surface area contributed by atoms with E-state index in [1.807, 2.05) is 0 Å². The summed E-state index contributed by atoms with van der Waals surface area (Å²) in [7, 11) is 0. The third-order valence-corrected chi connectivity index (χ3v) is 9.29. The number of aliphatic hydroxyl groups excluding tert-OH is 3. The van der Waals surface area contributed by atoms with E-state index in [1.54, 1.807) is 0 Å². The molecule has 0 bridgehead atoms. The Morgan fingerprint density at radius 2 is 0.891 bits per heavy atom. The summed E-state index contributed by atoms with van der Waals surface area (Å²) in [5.74, 6) is -0.159. The van der Waals surface area contributed by atoms with Gasteiger partial charge in [-0.05, 0) is 51.4 Å². The van der Waals surface area contributed by atoms with Crippen molar-refractivity contribution < 1.29 is 20.1 Å². The molecule has 272 valence electrons. The second-order valence-corrected chi connectivity index (χ2v) is 13.8. The normalized spacial score (nSPS) is 13.9. The average Bonchev–Trinajstić information content (AvgIpc) is 3.06. The second kappa shape index (κ2) is 36.7. The molecule has 0 rings (SSSR count). The van der Waals surface area contributed by atoms with Crippen LogP contribution in [-0.2, 0) is 4.79 Å². The van der Waals surface area contributed by atoms with Crippen molar-refractivity contribution in [1.29, 1.82) is 0 Å². The molecule has 0 fully saturated rings. The maximum absolute atomic E-state index is 12.3. The van der Waals surface area contributed by atoms with Crippen LogP contribution in [0, 0.1) is 0 Å². The van der Waals surface area contributed by atoms with Crippen molar-refractivity contribution in [3.8, 4) is 0 Å². The number of aliphatic hydroxyl groups is 3. The predicted molar refractivity (Wildman–Crippen MR) is 199 cm³/mol. The first-order valence-corrected chi connectivity index (χ1v) is 20.1. The van der Waals surface area contributed by atoms with Crippen molar-refractivity contribution in [2.24, 2.45) is 0 Å². The minimum absolute atomic E-state index is 0.159. The van der Waals surface area contributed by atoms with Crippen molar-refractivity contribution in [3.63, 3.8) is 0 Å². The Morgan fingerprint density at radius 3 is 1.33 bits per heavy atom. The summed E-state index contributed by atoms with van der Waals surface area (Å²) in [5, 5.41) is 33.4. The molecule has 1 amide bonds. The van der Waals surface area contributed by atoms with E-state index in [1.165, 1.54) is 135 Å². The molecular formula is C41H79NO4. The first-order chi connectivity index (χ1) is 22.6. The third kappa shape index (κ3) is 31.4. The SMILES string of the molecule is CCCCCCCCCCCCC/C=C/CC/C=C/CCCC(O)C(O)C(CO)NC(=O)CCCCCCCCCCCCCC. The number of carbonyl (C=O) groups is 1. The molecule has 0 aliphatic carbocycles. The first kappa shape index (κ1) is 44.8. The highest BCUT2D eigenvalue weighted by atomic mass is 16.3. The third-order valence-electron chi connectivity index (χ3n) is 9.29. The highest BCUT2D eigenvalue weighted by Gasteiger charge is 2.26. The topological polar surface area (TPSA) is 89.8 Å². The molecule has 4 N–H and O–H groups in total. The summed E-state index contributed by atoms with van der Waals surface area (Å²) >= 11 is 0. The van der Waals surface area contributed by atoms with E-state index in [4.69, 9.17) is 0 Å². The van der Waals surface area contributed by atoms with Crippen LogP contribution < -0.4 is 5.32 Å². The molecule has 3 atom stereocenters. The van der Waals surface area contributed by atoms with Gasteiger partial charge in [0.2, 0.25) is 5.91 Å². The summed E-state index contributed by atoms with van der Waals surface area (Å²) in [6.07, 6.45) is 42.8. The summed E-state index contributed by atoms with van der Waals surface area (Å²) < 4.78 is 0. The van der Waals surface area contributed by atoms with Crippen LogP contribution in [-0.4, -0.2) is 46.1 Å². The Balaban J connectivity index is 3.72. The van der Waals surface area contributed by atoms with Gasteiger partial charge < -0.3 is 20.6 Å². The second-order valence-electron chi connectivity index (χ2n) is 13.8. The fraction of sp³-hybridized carbons (Fsp3) is 0.878. The molecule has 0 spiro atoms. The molecule has 0 saturated carbocycles. The van der Waals surface area contributed by atoms with Crippen LogP contribution in [0.15, 0.2) is 24.3 Å². The monoisotopic (exact) mass is 650 g/mol. The van der Waals surface area contributed by atoms with Gasteiger partial charge in [-0.3, -0.25) is 4.79 Å². The number of amides is 1. The average molecular weight is 650 g/mol. The Bertz CT molecular complexity index is 679. The molecule has 5 nitrogen and oxygen atoms in total. The van der Waals surface area contributed by atoms with Gasteiger partial charge in [-0.1, -0.05) is 173 Å². The van der Waals surface area contributed by atoms with Gasteiger partial charge in [-0.2, -0.15) is 0 Å². The number of carbonyl (C=O) groups excluding carboxylic acids is 1. The first-order valence-electron chi connectivity index (χ1n) is 20.1. The molecule has 0 aromatic heterocycles. The molecule has 5 heteroatoms. The van der Waals surface area contributed by atoms with Crippen molar-refractivity contribution in [3.05, 3.63) is 24.3 Å². The lowest BCUT2D eigenvalue weighted by Crippen LogP contribution is -2.50. The standard InChI is InChI=1S/C41H79NO4/c1-3-5-7-9-11-13-15-17-18-19-20-21-22-23-24-25-27-29-31-33-35-39(44)41(46)38(37-43)42-40(45)36-34-32-30-28-26-16-14-12-10-8-6-4-2/h22-23,27,29,38-39,41,43-44,46H,3-21,24-26,28,30-37H2,1-2H3,(H,42,45)/b23-22+,29-27+. The van der Waals surface area contributed by atoms with Crippen molar-refractivity contribution in [1.82, 2.24) is 5.32 Å². The predicted octanol–water partition coefficient (Wildman–Crippen LogP) is 11.0. The van der Waals surface area contributed by atoms with Gasteiger partial charge in [0.1, 0.15) is 6.10 Å². The van der Waals surface area contributed by atoms with Crippen molar-refractivity contribution >= 4 is 5.91 Å². The molecule has 0 aromatic rings. The number of nitrogens with one attached hydrogen (secondary N) is 1. The van der Waals surface area contributed by atoms with Crippen LogP contribution in [0.5, 0.6) is 0 Å². The fourth-order valence-corrected chi connectivity index (χ4v) is 6.12. The summed E-state index contributed by atoms with van der Waals surface area (Å²) in [6.45, 7) is 4.15. The fourth-order valence-electron chi connectivity index (χ4n) is 6.12. The Labute approximate surface area is 286 Å². The smallest absolute Gasteiger partial charge is 0.220 e. The molecule has 0 heterocycles. The van der Waals surface area contributed by atoms with Crippen molar-refractivity contribution in [2.75, 3.05) is 6.61 Å². The number of unbranched alkanes of at least 4 members (excludes halogenated alkanes) is 24. The van der Waals surface area contributed by atoms with Crippen LogP contribution in [0.2, 0.25) is 0 Å². The Kier molecular flexibility index (Phi) is 35.7. The lowest BCUT2D eigenvalue weighted by Gasteiger charge is -2.26. The van der Waals surface area contributed by atoms with Crippen LogP contribution in [0.3, 0.4) is 0 Å². The molecule has 0 radical (unpaired) electrons. The van der Waals surface area contributed by atoms with Gasteiger partial charge in [-0.25, -0.2) is 0 Å². The molecule has 46 heavy (non-hydrogen) atoms. The summed E-state index contributed by atoms with van der Waals surface area (Å²) in [6, 6.07) is -0.827. The zero-order valence-corrected chi connectivity index (χ0v) is 30.7. The minimum Gasteiger partial charge on any atom is -0.394 e. The quantitative estimate of drug-likeness (QED) is 0.0401. The van der Waals surface area contributed by atoms with Gasteiger partial charge >= 0.3 is 0 Å². The lowest BCUT2D eigenvalue weighted by atomic mass is 10.0. The van der Waals surface area contributed by atoms with Crippen LogP contribution in [0.25, 0.3) is 0 Å². The summed E-state index contributed by atoms with van der Waals surface area (Å²) in [5.41, 5.74) is 0. The summed E-state index contributed by atoms with van der Waals surface area (Å²) in [4.78, 5) is 12.3.